The molecule has 0 radical (unpaired) electrons. The minimum atomic E-state index is -3.30. The van der Waals surface area contributed by atoms with Gasteiger partial charge in [0.05, 0.1) is 16.2 Å². The smallest absolute Gasteiger partial charge is 0.282 e. The summed E-state index contributed by atoms with van der Waals surface area (Å²) < 4.78 is 28.6. The van der Waals surface area contributed by atoms with Crippen molar-refractivity contribution in [2.45, 2.75) is 26.3 Å². The molecule has 0 unspecified atom stereocenters. The van der Waals surface area contributed by atoms with Crippen LogP contribution in [0.15, 0.2) is 24.3 Å². The van der Waals surface area contributed by atoms with Crippen molar-refractivity contribution in [1.29, 1.82) is 0 Å². The zero-order chi connectivity index (χ0) is 19.0. The van der Waals surface area contributed by atoms with Crippen LogP contribution in [0.3, 0.4) is 0 Å². The van der Waals surface area contributed by atoms with Gasteiger partial charge in [0.2, 0.25) is 0 Å². The average Bonchev–Trinajstić information content (AvgIpc) is 3.22. The van der Waals surface area contributed by atoms with Crippen molar-refractivity contribution >= 4 is 32.7 Å². The van der Waals surface area contributed by atoms with Crippen molar-refractivity contribution in [2.24, 2.45) is 0 Å². The maximum atomic E-state index is 12.7. The minimum Gasteiger partial charge on any atom is -0.295 e. The Morgan fingerprint density at radius 2 is 1.63 bits per heavy atom. The molecule has 27 heavy (non-hydrogen) atoms. The van der Waals surface area contributed by atoms with Gasteiger partial charge >= 0.3 is 0 Å². The highest BCUT2D eigenvalue weighted by molar-refractivity contribution is 7.86. The van der Waals surface area contributed by atoms with Gasteiger partial charge in [-0.1, -0.05) is 29.8 Å². The second-order valence-corrected chi connectivity index (χ2v) is 9.61. The number of halogens is 1. The Kier molecular flexibility index (Phi) is 5.40. The molecule has 3 heterocycles. The second kappa shape index (κ2) is 7.64. The van der Waals surface area contributed by atoms with E-state index in [1.807, 2.05) is 31.2 Å². The van der Waals surface area contributed by atoms with E-state index in [4.69, 9.17) is 16.6 Å². The molecule has 2 saturated heterocycles. The number of piperazine rings is 1. The van der Waals surface area contributed by atoms with Crippen LogP contribution >= 0.6 is 11.6 Å². The number of aromatic nitrogens is 1. The molecular formula is C19H25ClN4O2S. The lowest BCUT2D eigenvalue weighted by Gasteiger charge is -2.35. The number of benzene rings is 1. The molecule has 6 nitrogen and oxygen atoms in total. The van der Waals surface area contributed by atoms with Gasteiger partial charge < -0.3 is 0 Å². The van der Waals surface area contributed by atoms with Crippen LogP contribution in [0.1, 0.15) is 24.1 Å². The van der Waals surface area contributed by atoms with Crippen LogP contribution in [0.5, 0.6) is 0 Å². The van der Waals surface area contributed by atoms with Gasteiger partial charge in [0.15, 0.2) is 0 Å². The van der Waals surface area contributed by atoms with Crippen molar-refractivity contribution < 1.29 is 8.42 Å². The zero-order valence-electron chi connectivity index (χ0n) is 15.6. The first-order valence-corrected chi connectivity index (χ1v) is 11.3. The highest BCUT2D eigenvalue weighted by Gasteiger charge is 2.33. The lowest BCUT2D eigenvalue weighted by molar-refractivity contribution is 0.174. The van der Waals surface area contributed by atoms with E-state index in [9.17, 15) is 8.42 Å². The third-order valence-electron chi connectivity index (χ3n) is 5.57. The molecule has 8 heteroatoms. The molecule has 146 valence electrons. The number of nitrogens with zero attached hydrogens (tertiary/aromatic N) is 4. The van der Waals surface area contributed by atoms with E-state index < -0.39 is 10.2 Å². The number of aryl methyl sites for hydroxylation is 1. The topological polar surface area (TPSA) is 56.8 Å². The van der Waals surface area contributed by atoms with Crippen LogP contribution in [-0.4, -0.2) is 66.2 Å². The molecule has 0 atom stereocenters. The molecule has 1 aromatic carbocycles. The summed E-state index contributed by atoms with van der Waals surface area (Å²) in [6.45, 7) is 6.38. The van der Waals surface area contributed by atoms with Crippen LogP contribution in [0.2, 0.25) is 5.02 Å². The number of fused-ring (bicyclic) bond motifs is 1. The fourth-order valence-electron chi connectivity index (χ4n) is 3.93. The molecule has 0 amide bonds. The molecule has 2 aliphatic heterocycles. The first kappa shape index (κ1) is 19.1. The minimum absolute atomic E-state index is 0.517. The van der Waals surface area contributed by atoms with Gasteiger partial charge in [0.1, 0.15) is 0 Å². The maximum Gasteiger partial charge on any atom is 0.282 e. The van der Waals surface area contributed by atoms with Gasteiger partial charge in [-0.2, -0.15) is 17.0 Å². The SMILES string of the molecule is Cc1c(Cl)c(CN2CCN(S(=O)(=O)N3CCCC3)CC2)nc2ccccc12. The second-order valence-electron chi connectivity index (χ2n) is 7.30. The monoisotopic (exact) mass is 408 g/mol. The van der Waals surface area contributed by atoms with E-state index in [0.29, 0.717) is 50.8 Å². The van der Waals surface area contributed by atoms with Crippen molar-refractivity contribution in [1.82, 2.24) is 18.5 Å². The Balaban J connectivity index is 1.45. The van der Waals surface area contributed by atoms with Crippen molar-refractivity contribution in [2.75, 3.05) is 39.3 Å². The van der Waals surface area contributed by atoms with E-state index in [1.54, 1.807) is 8.61 Å². The third kappa shape index (κ3) is 3.71. The first-order valence-electron chi connectivity index (χ1n) is 9.48. The number of pyridine rings is 1. The summed E-state index contributed by atoms with van der Waals surface area (Å²) >= 11 is 6.58. The molecule has 0 spiro atoms. The van der Waals surface area contributed by atoms with Crippen molar-refractivity contribution in [3.05, 3.63) is 40.5 Å². The van der Waals surface area contributed by atoms with E-state index in [-0.39, 0.29) is 0 Å². The molecular weight excluding hydrogens is 384 g/mol. The van der Waals surface area contributed by atoms with Gasteiger partial charge in [0.25, 0.3) is 10.2 Å². The summed E-state index contributed by atoms with van der Waals surface area (Å²) in [5, 5.41) is 1.79. The number of hydrogen-bond acceptors (Lipinski definition) is 4. The normalized spacial score (nSPS) is 20.5. The van der Waals surface area contributed by atoms with E-state index in [0.717, 1.165) is 35.0 Å². The Labute approximate surface area is 165 Å². The Morgan fingerprint density at radius 3 is 2.33 bits per heavy atom. The summed E-state index contributed by atoms with van der Waals surface area (Å²) in [6.07, 6.45) is 1.93. The Bertz CT molecular complexity index is 936. The summed E-state index contributed by atoms with van der Waals surface area (Å²) in [5.41, 5.74) is 2.86. The van der Waals surface area contributed by atoms with E-state index in [2.05, 4.69) is 4.90 Å². The van der Waals surface area contributed by atoms with Crippen LogP contribution in [0, 0.1) is 6.92 Å². The van der Waals surface area contributed by atoms with Crippen LogP contribution < -0.4 is 0 Å². The van der Waals surface area contributed by atoms with Crippen LogP contribution in [0.25, 0.3) is 10.9 Å². The number of hydrogen-bond donors (Lipinski definition) is 0. The Morgan fingerprint density at radius 1 is 1.00 bits per heavy atom. The van der Waals surface area contributed by atoms with Crippen molar-refractivity contribution in [3.63, 3.8) is 0 Å². The molecule has 0 saturated carbocycles. The van der Waals surface area contributed by atoms with Crippen molar-refractivity contribution in [3.8, 4) is 0 Å². The lowest BCUT2D eigenvalue weighted by Crippen LogP contribution is -2.52. The fraction of sp³-hybridized carbons (Fsp3) is 0.526. The predicted molar refractivity (Wildman–Crippen MR) is 108 cm³/mol. The molecule has 2 fully saturated rings. The Hall–Kier alpha value is -1.25. The first-order chi connectivity index (χ1) is 13.0. The highest BCUT2D eigenvalue weighted by atomic mass is 35.5. The largest absolute Gasteiger partial charge is 0.295 e. The standard InChI is InChI=1S/C19H25ClN4O2S/c1-15-16-6-2-3-7-17(16)21-18(19(15)20)14-22-10-12-24(13-11-22)27(25,26)23-8-4-5-9-23/h2-3,6-7H,4-5,8-14H2,1H3. The molecule has 1 aromatic heterocycles. The van der Waals surface area contributed by atoms with Gasteiger partial charge in [0, 0.05) is 51.2 Å². The van der Waals surface area contributed by atoms with Gasteiger partial charge in [-0.15, -0.1) is 0 Å². The molecule has 0 N–H and O–H groups in total. The van der Waals surface area contributed by atoms with E-state index >= 15 is 0 Å². The summed E-state index contributed by atoms with van der Waals surface area (Å²) in [7, 11) is -3.30. The third-order valence-corrected chi connectivity index (χ3v) is 8.11. The summed E-state index contributed by atoms with van der Waals surface area (Å²) in [6, 6.07) is 8.01. The molecule has 2 aromatic rings. The van der Waals surface area contributed by atoms with Crippen LogP contribution in [-0.2, 0) is 16.8 Å². The lowest BCUT2D eigenvalue weighted by atomic mass is 10.1. The zero-order valence-corrected chi connectivity index (χ0v) is 17.1. The van der Waals surface area contributed by atoms with Crippen LogP contribution in [0.4, 0.5) is 0 Å². The molecule has 0 bridgehead atoms. The fourth-order valence-corrected chi connectivity index (χ4v) is 5.81. The summed E-state index contributed by atoms with van der Waals surface area (Å²) in [5.74, 6) is 0. The number of rotatable bonds is 4. The van der Waals surface area contributed by atoms with E-state index in [1.165, 1.54) is 0 Å². The average molecular weight is 409 g/mol. The van der Waals surface area contributed by atoms with Gasteiger partial charge in [-0.3, -0.25) is 4.90 Å². The predicted octanol–water partition coefficient (Wildman–Crippen LogP) is 2.65. The molecule has 4 rings (SSSR count). The quantitative estimate of drug-likeness (QED) is 0.780. The summed E-state index contributed by atoms with van der Waals surface area (Å²) in [4.78, 5) is 6.98. The highest BCUT2D eigenvalue weighted by Crippen LogP contribution is 2.28. The molecule has 0 aliphatic carbocycles. The molecule has 2 aliphatic rings. The maximum absolute atomic E-state index is 12.7. The van der Waals surface area contributed by atoms with Gasteiger partial charge in [-0.25, -0.2) is 4.98 Å². The number of para-hydroxylation sites is 1. The van der Waals surface area contributed by atoms with Gasteiger partial charge in [-0.05, 0) is 31.4 Å².